The molecule has 10 nitrogen and oxygen atoms in total. The van der Waals surface area contributed by atoms with E-state index in [1.165, 1.54) is 24.6 Å². The van der Waals surface area contributed by atoms with Crippen molar-refractivity contribution in [1.82, 2.24) is 0 Å². The van der Waals surface area contributed by atoms with Crippen molar-refractivity contribution < 1.29 is 43.3 Å². The molecule has 2 heterocycles. The molecule has 0 radical (unpaired) electrons. The van der Waals surface area contributed by atoms with Crippen LogP contribution >= 0.6 is 0 Å². The number of hydrogen-bond donors (Lipinski definition) is 3. The lowest BCUT2D eigenvalue weighted by Crippen LogP contribution is -2.66. The van der Waals surface area contributed by atoms with Crippen LogP contribution in [-0.4, -0.2) is 45.4 Å². The van der Waals surface area contributed by atoms with Crippen molar-refractivity contribution in [1.29, 1.82) is 0 Å². The number of carbonyl (C=O) groups is 4. The van der Waals surface area contributed by atoms with E-state index >= 15 is 0 Å². The number of ether oxygens (including phenoxy) is 2. The van der Waals surface area contributed by atoms with Crippen LogP contribution in [0.25, 0.3) is 0 Å². The Kier molecular flexibility index (Phi) is 7.80. The molecule has 3 aromatic rings. The monoisotopic (exact) mass is 693 g/mol. The molecule has 3 N–H and O–H groups in total. The highest BCUT2D eigenvalue weighted by Gasteiger charge is 2.87. The molecule has 51 heavy (non-hydrogen) atoms. The van der Waals surface area contributed by atoms with Gasteiger partial charge in [0.25, 0.3) is 0 Å². The van der Waals surface area contributed by atoms with Crippen molar-refractivity contribution in [3.8, 4) is 11.5 Å². The fraction of sp³-hybridized carbons (Fsp3) is 0.415. The number of para-hydroxylation sites is 1. The molecule has 1 spiro atoms. The van der Waals surface area contributed by atoms with E-state index in [0.29, 0.717) is 17.0 Å². The number of allylic oxidation sites excluding steroid dienone is 4. The van der Waals surface area contributed by atoms with Crippen molar-refractivity contribution in [2.24, 2.45) is 27.6 Å². The van der Waals surface area contributed by atoms with Gasteiger partial charge in [-0.25, -0.2) is 4.79 Å². The largest absolute Gasteiger partial charge is 0.507 e. The van der Waals surface area contributed by atoms with Crippen LogP contribution in [0.1, 0.15) is 82.6 Å². The Bertz CT molecular complexity index is 2010. The van der Waals surface area contributed by atoms with Gasteiger partial charge in [0.05, 0.1) is 29.5 Å². The van der Waals surface area contributed by atoms with E-state index in [-0.39, 0.29) is 57.9 Å². The zero-order valence-electron chi connectivity index (χ0n) is 29.6. The summed E-state index contributed by atoms with van der Waals surface area (Å²) in [5, 5.41) is 23.5. The van der Waals surface area contributed by atoms with E-state index in [0.717, 1.165) is 19.3 Å². The van der Waals surface area contributed by atoms with Crippen LogP contribution in [0.4, 0.5) is 5.69 Å². The van der Waals surface area contributed by atoms with Gasteiger partial charge in [0.1, 0.15) is 22.7 Å². The Hall–Kier alpha value is -4.96. The van der Waals surface area contributed by atoms with Gasteiger partial charge in [-0.05, 0) is 112 Å². The van der Waals surface area contributed by atoms with Crippen molar-refractivity contribution >= 4 is 29.1 Å². The number of fused-ring (bicyclic) bond motifs is 3. The van der Waals surface area contributed by atoms with Gasteiger partial charge in [0.15, 0.2) is 11.5 Å². The van der Waals surface area contributed by atoms with Gasteiger partial charge in [-0.2, -0.15) is 0 Å². The number of amides is 1. The average molecular weight is 694 g/mol. The van der Waals surface area contributed by atoms with Gasteiger partial charge < -0.3 is 29.4 Å². The van der Waals surface area contributed by atoms with Crippen LogP contribution < -0.4 is 10.1 Å². The lowest BCUT2D eigenvalue weighted by Gasteiger charge is -2.62. The molecule has 266 valence electrons. The Morgan fingerprint density at radius 2 is 1.67 bits per heavy atom. The molecule has 8 rings (SSSR count). The summed E-state index contributed by atoms with van der Waals surface area (Å²) in [5.41, 5.74) is -0.693. The van der Waals surface area contributed by atoms with Crippen molar-refractivity contribution in [3.63, 3.8) is 0 Å². The van der Waals surface area contributed by atoms with E-state index in [4.69, 9.17) is 13.9 Å². The van der Waals surface area contributed by atoms with Crippen LogP contribution in [0.3, 0.4) is 0 Å². The normalized spacial score (nSPS) is 33.9. The van der Waals surface area contributed by atoms with Crippen LogP contribution in [0, 0.1) is 27.6 Å². The number of aliphatic hydroxyl groups is 1. The number of Topliss-reactive ketones (excluding diaryl/α,β-unsaturated/α-hetero) is 1. The molecule has 1 aliphatic heterocycles. The fourth-order valence-electron chi connectivity index (χ4n) is 10.4. The third-order valence-corrected chi connectivity index (χ3v) is 12.7. The molecule has 0 bridgehead atoms. The Morgan fingerprint density at radius 1 is 0.961 bits per heavy atom. The number of phenolic OH excluding ortho intramolecular Hbond substituents is 1. The average Bonchev–Trinajstić information content (AvgIpc) is 3.43. The van der Waals surface area contributed by atoms with Gasteiger partial charge in [0, 0.05) is 23.4 Å². The van der Waals surface area contributed by atoms with Crippen molar-refractivity contribution in [2.75, 3.05) is 5.32 Å². The molecular weight excluding hydrogens is 650 g/mol. The third kappa shape index (κ3) is 4.79. The van der Waals surface area contributed by atoms with Gasteiger partial charge >= 0.3 is 5.97 Å². The molecule has 1 saturated heterocycles. The van der Waals surface area contributed by atoms with Crippen molar-refractivity contribution in [2.45, 2.75) is 78.4 Å². The number of epoxide rings is 1. The van der Waals surface area contributed by atoms with Gasteiger partial charge in [-0.15, -0.1) is 0 Å². The number of ketones is 2. The lowest BCUT2D eigenvalue weighted by molar-refractivity contribution is -0.162. The smallest absolute Gasteiger partial charge is 0.347 e. The quantitative estimate of drug-likeness (QED) is 0.143. The summed E-state index contributed by atoms with van der Waals surface area (Å²) in [4.78, 5) is 49.5. The number of phenols is 1. The molecule has 7 unspecified atom stereocenters. The zero-order chi connectivity index (χ0) is 36.7. The predicted molar refractivity (Wildman–Crippen MR) is 187 cm³/mol. The highest BCUT2D eigenvalue weighted by Crippen LogP contribution is 2.81. The number of aliphatic hydroxyl groups excluding tert-OH is 1. The number of anilines is 1. The molecule has 3 fully saturated rings. The Labute approximate surface area is 296 Å². The van der Waals surface area contributed by atoms with E-state index in [1.54, 1.807) is 48.7 Å². The number of hydrogen-bond acceptors (Lipinski definition) is 9. The summed E-state index contributed by atoms with van der Waals surface area (Å²) in [5.74, 6) is -0.938. The SMILES string of the molecule is CC(=O)Nc1ccc(OC(=O)c2ccccc2O)cc1.CC1(C)C(=O)C=CC2(C)C1=C(O)C(=O)C1(C)C2CCC2(C)C(c3ccoc3)CC3OC321. The highest BCUT2D eigenvalue weighted by molar-refractivity contribution is 6.06. The zero-order valence-corrected chi connectivity index (χ0v) is 29.6. The minimum absolute atomic E-state index is 0.00527. The van der Waals surface area contributed by atoms with E-state index in [1.807, 2.05) is 39.2 Å². The van der Waals surface area contributed by atoms with E-state index in [9.17, 15) is 29.4 Å². The molecule has 1 amide bonds. The second-order valence-electron chi connectivity index (χ2n) is 15.7. The van der Waals surface area contributed by atoms with Crippen molar-refractivity contribution in [3.05, 3.63) is 102 Å². The van der Waals surface area contributed by atoms with Gasteiger partial charge in [0.2, 0.25) is 11.7 Å². The van der Waals surface area contributed by atoms with E-state index < -0.39 is 27.8 Å². The predicted octanol–water partition coefficient (Wildman–Crippen LogP) is 7.46. The minimum atomic E-state index is -0.901. The summed E-state index contributed by atoms with van der Waals surface area (Å²) >= 11 is 0. The summed E-state index contributed by atoms with van der Waals surface area (Å²) in [7, 11) is 0. The number of rotatable bonds is 4. The van der Waals surface area contributed by atoms with E-state index in [2.05, 4.69) is 19.2 Å². The Balaban J connectivity index is 0.000000177. The summed E-state index contributed by atoms with van der Waals surface area (Å²) in [6.45, 7) is 11.4. The summed E-state index contributed by atoms with van der Waals surface area (Å²) < 4.78 is 17.0. The van der Waals surface area contributed by atoms with Gasteiger partial charge in [-0.1, -0.05) is 32.1 Å². The standard InChI is InChI=1S/C26H30O5.C15H13NO4/c1-22(2)17(27)7-9-23(3)16-6-10-24(4)15(14-8-11-30-13-14)12-18-26(24,31-18)25(16,5)21(29)19(28)20(22)23;1-10(17)16-11-6-8-12(9-7-11)20-15(19)13-4-2-3-5-14(13)18/h7-9,11,13,15-16,18,28H,6,10,12H2,1-5H3;2-9,18H,1H3,(H,16,17). The van der Waals surface area contributed by atoms with Gasteiger partial charge in [-0.3, -0.25) is 14.4 Å². The molecule has 10 heteroatoms. The van der Waals surface area contributed by atoms with Crippen LogP contribution in [-0.2, 0) is 19.1 Å². The fourth-order valence-corrected chi connectivity index (χ4v) is 10.4. The summed E-state index contributed by atoms with van der Waals surface area (Å²) in [6, 6.07) is 14.5. The second kappa shape index (κ2) is 11.5. The first kappa shape index (κ1) is 34.5. The minimum Gasteiger partial charge on any atom is -0.507 e. The topological polar surface area (TPSA) is 156 Å². The first-order chi connectivity index (χ1) is 24.0. The maximum atomic E-state index is 14.0. The van der Waals surface area contributed by atoms with Crippen LogP contribution in [0.15, 0.2) is 95.0 Å². The number of nitrogens with one attached hydrogen (secondary N) is 1. The molecular formula is C41H43NO9. The molecule has 7 atom stereocenters. The molecule has 1 aromatic heterocycles. The molecule has 4 aliphatic carbocycles. The third-order valence-electron chi connectivity index (χ3n) is 12.7. The molecule has 2 aromatic carbocycles. The number of esters is 1. The second-order valence-corrected chi connectivity index (χ2v) is 15.7. The number of carbonyl (C=O) groups excluding carboxylic acids is 4. The van der Waals surface area contributed by atoms with Crippen LogP contribution in [0.2, 0.25) is 0 Å². The Morgan fingerprint density at radius 3 is 2.31 bits per heavy atom. The molecule has 2 saturated carbocycles. The number of benzene rings is 2. The maximum Gasteiger partial charge on any atom is 0.347 e. The first-order valence-electron chi connectivity index (χ1n) is 17.3. The molecule has 5 aliphatic rings. The van der Waals surface area contributed by atoms with Crippen LogP contribution in [0.5, 0.6) is 11.5 Å². The maximum absolute atomic E-state index is 14.0. The first-order valence-corrected chi connectivity index (χ1v) is 17.3. The highest BCUT2D eigenvalue weighted by atomic mass is 16.6. The lowest BCUT2D eigenvalue weighted by atomic mass is 9.39. The number of furan rings is 1. The number of aromatic hydroxyl groups is 1. The summed E-state index contributed by atoms with van der Waals surface area (Å²) in [6.07, 6.45) is 9.76.